The summed E-state index contributed by atoms with van der Waals surface area (Å²) < 4.78 is 0. The van der Waals surface area contributed by atoms with Gasteiger partial charge in [0.25, 0.3) is 0 Å². The number of nitrogens with one attached hydrogen (secondary N) is 1. The van der Waals surface area contributed by atoms with E-state index in [0.29, 0.717) is 0 Å². The minimum atomic E-state index is -0.327. The molecule has 3 nitrogen and oxygen atoms in total. The average Bonchev–Trinajstić information content (AvgIpc) is 2.56. The summed E-state index contributed by atoms with van der Waals surface area (Å²) >= 11 is 0. The van der Waals surface area contributed by atoms with Crippen LogP contribution in [0.5, 0.6) is 0 Å². The molecule has 0 amide bonds. The lowest BCUT2D eigenvalue weighted by Crippen LogP contribution is -2.19. The monoisotopic (exact) mass is 175 g/mol. The molecule has 1 aliphatic heterocycles. The van der Waals surface area contributed by atoms with E-state index in [1.807, 2.05) is 24.3 Å². The molecule has 1 N–H and O–H groups in total. The summed E-state index contributed by atoms with van der Waals surface area (Å²) in [5.74, 6) is 0. The van der Waals surface area contributed by atoms with Gasteiger partial charge in [-0.15, -0.1) is 0 Å². The van der Waals surface area contributed by atoms with Crippen LogP contribution in [0.4, 0.5) is 0 Å². The normalized spacial score (nSPS) is 25.2. The fourth-order valence-electron chi connectivity index (χ4n) is 1.68. The van der Waals surface area contributed by atoms with Gasteiger partial charge in [0.2, 0.25) is 0 Å². The van der Waals surface area contributed by atoms with Crippen LogP contribution in [0.25, 0.3) is 0 Å². The molecule has 2 rings (SSSR count). The summed E-state index contributed by atoms with van der Waals surface area (Å²) in [6.07, 6.45) is 1.64. The van der Waals surface area contributed by atoms with Gasteiger partial charge >= 0.3 is 0 Å². The highest BCUT2D eigenvalue weighted by molar-refractivity contribution is 5.72. The summed E-state index contributed by atoms with van der Waals surface area (Å²) in [5, 5.41) is 2.92. The number of rotatable bonds is 2. The molecule has 1 heterocycles. The molecule has 0 aliphatic carbocycles. The first-order valence-corrected chi connectivity index (χ1v) is 4.12. The van der Waals surface area contributed by atoms with Crippen molar-refractivity contribution in [3.63, 3.8) is 0 Å². The van der Waals surface area contributed by atoms with Crippen LogP contribution in [0, 0.1) is 0 Å². The zero-order chi connectivity index (χ0) is 9.26. The highest BCUT2D eigenvalue weighted by atomic mass is 16.1. The lowest BCUT2D eigenvalue weighted by molar-refractivity contribution is -0.111. The van der Waals surface area contributed by atoms with E-state index in [4.69, 9.17) is 0 Å². The molecule has 2 atom stereocenters. The Morgan fingerprint density at radius 1 is 1.00 bits per heavy atom. The van der Waals surface area contributed by atoms with Gasteiger partial charge in [0.15, 0.2) is 0 Å². The highest BCUT2D eigenvalue weighted by Crippen LogP contribution is 2.30. The van der Waals surface area contributed by atoms with Crippen molar-refractivity contribution in [3.05, 3.63) is 35.4 Å². The molecular weight excluding hydrogens is 166 g/mol. The smallest absolute Gasteiger partial charge is 0.141 e. The zero-order valence-electron chi connectivity index (χ0n) is 6.94. The average molecular weight is 175 g/mol. The second-order valence-corrected chi connectivity index (χ2v) is 3.02. The Kier molecular flexibility index (Phi) is 1.94. The van der Waals surface area contributed by atoms with E-state index in [1.54, 1.807) is 0 Å². The first kappa shape index (κ1) is 8.13. The fraction of sp³-hybridized carbons (Fsp3) is 0.200. The highest BCUT2D eigenvalue weighted by Gasteiger charge is 2.28. The van der Waals surface area contributed by atoms with Crippen LogP contribution < -0.4 is 5.32 Å². The maximum absolute atomic E-state index is 10.7. The minimum absolute atomic E-state index is 0.327. The van der Waals surface area contributed by atoms with Gasteiger partial charge in [-0.25, -0.2) is 0 Å². The molecule has 0 bridgehead atoms. The number of hydrogen-bond acceptors (Lipinski definition) is 3. The van der Waals surface area contributed by atoms with Gasteiger partial charge in [-0.05, 0) is 11.1 Å². The Labute approximate surface area is 75.8 Å². The first-order chi connectivity index (χ1) is 6.36. The molecular formula is C10H9NO2. The van der Waals surface area contributed by atoms with Crippen LogP contribution in [-0.2, 0) is 9.59 Å². The topological polar surface area (TPSA) is 46.2 Å². The molecule has 0 fully saturated rings. The standard InChI is InChI=1S/C10H9NO2/c12-5-9-7-3-1-2-4-8(7)10(6-13)11-9/h1-6,9-11H. The number of carbonyl (C=O) groups excluding carboxylic acids is 2. The Morgan fingerprint density at radius 2 is 1.46 bits per heavy atom. The molecule has 1 aliphatic rings. The van der Waals surface area contributed by atoms with Crippen LogP contribution in [0.3, 0.4) is 0 Å². The van der Waals surface area contributed by atoms with Crippen LogP contribution in [-0.4, -0.2) is 12.6 Å². The molecule has 2 unspecified atom stereocenters. The van der Waals surface area contributed by atoms with Crippen molar-refractivity contribution in [2.75, 3.05) is 0 Å². The molecule has 0 saturated heterocycles. The Balaban J connectivity index is 2.49. The Morgan fingerprint density at radius 3 is 1.85 bits per heavy atom. The number of aldehydes is 2. The second kappa shape index (κ2) is 3.11. The predicted octanol–water partition coefficient (Wildman–Crippen LogP) is 0.770. The predicted molar refractivity (Wildman–Crippen MR) is 47.2 cm³/mol. The maximum Gasteiger partial charge on any atom is 0.141 e. The third-order valence-electron chi connectivity index (χ3n) is 2.30. The third kappa shape index (κ3) is 1.17. The number of benzene rings is 1. The molecule has 66 valence electrons. The van der Waals surface area contributed by atoms with Crippen molar-refractivity contribution >= 4 is 12.6 Å². The van der Waals surface area contributed by atoms with Gasteiger partial charge in [0.1, 0.15) is 12.6 Å². The molecule has 13 heavy (non-hydrogen) atoms. The summed E-state index contributed by atoms with van der Waals surface area (Å²) in [6.45, 7) is 0. The molecule has 0 radical (unpaired) electrons. The number of hydrogen-bond donors (Lipinski definition) is 1. The van der Waals surface area contributed by atoms with Gasteiger partial charge in [-0.2, -0.15) is 0 Å². The quantitative estimate of drug-likeness (QED) is 0.675. The maximum atomic E-state index is 10.7. The van der Waals surface area contributed by atoms with E-state index >= 15 is 0 Å². The van der Waals surface area contributed by atoms with E-state index in [-0.39, 0.29) is 12.1 Å². The van der Waals surface area contributed by atoms with Gasteiger partial charge < -0.3 is 9.59 Å². The molecule has 3 heteroatoms. The molecule has 0 aromatic heterocycles. The van der Waals surface area contributed by atoms with Crippen LogP contribution in [0.1, 0.15) is 23.2 Å². The largest absolute Gasteiger partial charge is 0.301 e. The minimum Gasteiger partial charge on any atom is -0.301 e. The number of carbonyl (C=O) groups is 2. The summed E-state index contributed by atoms with van der Waals surface area (Å²) in [6, 6.07) is 6.81. The van der Waals surface area contributed by atoms with Crippen molar-refractivity contribution in [3.8, 4) is 0 Å². The SMILES string of the molecule is O=CC1NC(C=O)c2ccccc21. The Bertz CT molecular complexity index is 316. The number of fused-ring (bicyclic) bond motifs is 1. The lowest BCUT2D eigenvalue weighted by atomic mass is 10.0. The molecule has 1 aromatic carbocycles. The third-order valence-corrected chi connectivity index (χ3v) is 2.30. The van der Waals surface area contributed by atoms with Gasteiger partial charge in [-0.3, -0.25) is 5.32 Å². The van der Waals surface area contributed by atoms with E-state index < -0.39 is 0 Å². The molecule has 1 aromatic rings. The summed E-state index contributed by atoms with van der Waals surface area (Å²) in [5.41, 5.74) is 1.82. The van der Waals surface area contributed by atoms with E-state index in [1.165, 1.54) is 0 Å². The first-order valence-electron chi connectivity index (χ1n) is 4.12. The van der Waals surface area contributed by atoms with Crippen molar-refractivity contribution in [1.29, 1.82) is 0 Å². The fourth-order valence-corrected chi connectivity index (χ4v) is 1.68. The van der Waals surface area contributed by atoms with Crippen molar-refractivity contribution < 1.29 is 9.59 Å². The van der Waals surface area contributed by atoms with Crippen LogP contribution in [0.15, 0.2) is 24.3 Å². The lowest BCUT2D eigenvalue weighted by Gasteiger charge is -2.02. The van der Waals surface area contributed by atoms with Gasteiger partial charge in [0.05, 0.1) is 12.1 Å². The van der Waals surface area contributed by atoms with Gasteiger partial charge in [-0.1, -0.05) is 24.3 Å². The molecule has 0 spiro atoms. The van der Waals surface area contributed by atoms with E-state index in [9.17, 15) is 9.59 Å². The van der Waals surface area contributed by atoms with E-state index in [2.05, 4.69) is 5.32 Å². The second-order valence-electron chi connectivity index (χ2n) is 3.02. The van der Waals surface area contributed by atoms with Gasteiger partial charge in [0, 0.05) is 0 Å². The van der Waals surface area contributed by atoms with Crippen LogP contribution in [0.2, 0.25) is 0 Å². The van der Waals surface area contributed by atoms with E-state index in [0.717, 1.165) is 23.7 Å². The summed E-state index contributed by atoms with van der Waals surface area (Å²) in [7, 11) is 0. The molecule has 0 saturated carbocycles. The zero-order valence-corrected chi connectivity index (χ0v) is 6.94. The van der Waals surface area contributed by atoms with Crippen molar-refractivity contribution in [2.45, 2.75) is 12.1 Å². The summed E-state index contributed by atoms with van der Waals surface area (Å²) in [4.78, 5) is 21.3. The van der Waals surface area contributed by atoms with Crippen LogP contribution >= 0.6 is 0 Å². The van der Waals surface area contributed by atoms with Crippen molar-refractivity contribution in [2.24, 2.45) is 0 Å². The van der Waals surface area contributed by atoms with Crippen molar-refractivity contribution in [1.82, 2.24) is 5.32 Å². The Hall–Kier alpha value is -1.48.